The summed E-state index contributed by atoms with van der Waals surface area (Å²) in [6.07, 6.45) is 0. The summed E-state index contributed by atoms with van der Waals surface area (Å²) in [6, 6.07) is 13.1. The highest BCUT2D eigenvalue weighted by molar-refractivity contribution is 7.91. The lowest BCUT2D eigenvalue weighted by Gasteiger charge is -2.16. The average Bonchev–Trinajstić information content (AvgIpc) is 2.54. The Morgan fingerprint density at radius 3 is 2.33 bits per heavy atom. The second-order valence-electron chi connectivity index (χ2n) is 5.43. The maximum Gasteiger partial charge on any atom is 0.206 e. The molecule has 0 aliphatic carbocycles. The molecule has 2 N–H and O–H groups in total. The molecule has 0 aliphatic heterocycles. The van der Waals surface area contributed by atoms with Crippen molar-refractivity contribution in [1.82, 2.24) is 5.32 Å². The number of benzene rings is 2. The molecule has 24 heavy (non-hydrogen) atoms. The first-order valence-corrected chi connectivity index (χ1v) is 9.29. The van der Waals surface area contributed by atoms with Crippen LogP contribution in [0.4, 0.5) is 5.69 Å². The highest BCUT2D eigenvalue weighted by Gasteiger charge is 2.19. The first-order chi connectivity index (χ1) is 11.3. The Balaban J connectivity index is 2.40. The van der Waals surface area contributed by atoms with E-state index < -0.39 is 9.84 Å². The first kappa shape index (κ1) is 18.2. The lowest BCUT2D eigenvalue weighted by atomic mass is 10.3. The Morgan fingerprint density at radius 2 is 1.75 bits per heavy atom. The zero-order chi connectivity index (χ0) is 17.7. The van der Waals surface area contributed by atoms with Gasteiger partial charge in [-0.15, -0.1) is 0 Å². The highest BCUT2D eigenvalue weighted by atomic mass is 32.2. The minimum absolute atomic E-state index is 0.159. The van der Waals surface area contributed by atoms with Gasteiger partial charge in [-0.2, -0.15) is 0 Å². The van der Waals surface area contributed by atoms with E-state index in [1.165, 1.54) is 19.2 Å². The van der Waals surface area contributed by atoms with E-state index in [2.05, 4.69) is 10.6 Å². The molecule has 2 aromatic carbocycles. The highest BCUT2D eigenvalue weighted by Crippen LogP contribution is 2.30. The van der Waals surface area contributed by atoms with Gasteiger partial charge in [-0.25, -0.2) is 8.42 Å². The van der Waals surface area contributed by atoms with Crippen LogP contribution >= 0.6 is 12.2 Å². The van der Waals surface area contributed by atoms with Crippen LogP contribution in [-0.4, -0.2) is 26.7 Å². The van der Waals surface area contributed by atoms with Crippen molar-refractivity contribution in [2.24, 2.45) is 0 Å². The molecular formula is C17H20N2O3S2. The van der Waals surface area contributed by atoms with Gasteiger partial charge in [0.1, 0.15) is 5.75 Å². The second kappa shape index (κ2) is 7.63. The summed E-state index contributed by atoms with van der Waals surface area (Å²) >= 11 is 5.22. The molecule has 2 rings (SSSR count). The Morgan fingerprint density at radius 1 is 1.08 bits per heavy atom. The molecule has 0 unspecified atom stereocenters. The smallest absolute Gasteiger partial charge is 0.206 e. The Hall–Kier alpha value is -2.12. The van der Waals surface area contributed by atoms with Crippen LogP contribution in [0.5, 0.6) is 5.75 Å². The van der Waals surface area contributed by atoms with Crippen molar-refractivity contribution in [3.8, 4) is 5.75 Å². The van der Waals surface area contributed by atoms with Gasteiger partial charge in [0, 0.05) is 6.04 Å². The van der Waals surface area contributed by atoms with Gasteiger partial charge in [-0.1, -0.05) is 18.2 Å². The van der Waals surface area contributed by atoms with Crippen LogP contribution in [0, 0.1) is 0 Å². The number of hydrogen-bond donors (Lipinski definition) is 2. The summed E-state index contributed by atoms with van der Waals surface area (Å²) in [4.78, 5) is 0.411. The number of rotatable bonds is 5. The predicted octanol–water partition coefficient (Wildman–Crippen LogP) is 3.22. The van der Waals surface area contributed by atoms with Gasteiger partial charge in [0.15, 0.2) is 5.11 Å². The molecule has 0 spiro atoms. The van der Waals surface area contributed by atoms with Crippen LogP contribution < -0.4 is 15.4 Å². The van der Waals surface area contributed by atoms with Gasteiger partial charge in [0.05, 0.1) is 22.6 Å². The molecular weight excluding hydrogens is 344 g/mol. The van der Waals surface area contributed by atoms with Gasteiger partial charge in [0.25, 0.3) is 0 Å². The van der Waals surface area contributed by atoms with E-state index in [9.17, 15) is 8.42 Å². The molecule has 5 nitrogen and oxygen atoms in total. The molecule has 0 aliphatic rings. The fraction of sp³-hybridized carbons (Fsp3) is 0.235. The summed E-state index contributed by atoms with van der Waals surface area (Å²) in [5.41, 5.74) is 0.493. The van der Waals surface area contributed by atoms with E-state index >= 15 is 0 Å². The number of methoxy groups -OCH3 is 1. The van der Waals surface area contributed by atoms with E-state index in [-0.39, 0.29) is 15.8 Å². The fourth-order valence-electron chi connectivity index (χ4n) is 2.11. The molecule has 0 fully saturated rings. The largest absolute Gasteiger partial charge is 0.495 e. The van der Waals surface area contributed by atoms with Crippen molar-refractivity contribution >= 4 is 32.9 Å². The van der Waals surface area contributed by atoms with E-state index in [4.69, 9.17) is 17.0 Å². The lowest BCUT2D eigenvalue weighted by Crippen LogP contribution is -2.34. The van der Waals surface area contributed by atoms with Crippen molar-refractivity contribution in [3.63, 3.8) is 0 Å². The van der Waals surface area contributed by atoms with E-state index in [0.29, 0.717) is 16.5 Å². The summed E-state index contributed by atoms with van der Waals surface area (Å²) in [5.74, 6) is 0.509. The van der Waals surface area contributed by atoms with Crippen LogP contribution in [-0.2, 0) is 9.84 Å². The Labute approximate surface area is 148 Å². The fourth-order valence-corrected chi connectivity index (χ4v) is 3.76. The average molecular weight is 364 g/mol. The van der Waals surface area contributed by atoms with E-state index in [0.717, 1.165) is 0 Å². The van der Waals surface area contributed by atoms with Crippen LogP contribution in [0.2, 0.25) is 0 Å². The van der Waals surface area contributed by atoms with Crippen LogP contribution in [0.1, 0.15) is 13.8 Å². The third-order valence-electron chi connectivity index (χ3n) is 3.20. The molecule has 0 amide bonds. The summed E-state index contributed by atoms with van der Waals surface area (Å²) in [7, 11) is -2.09. The van der Waals surface area contributed by atoms with Gasteiger partial charge < -0.3 is 15.4 Å². The number of anilines is 1. The van der Waals surface area contributed by atoms with Gasteiger partial charge in [0.2, 0.25) is 9.84 Å². The topological polar surface area (TPSA) is 67.4 Å². The molecule has 7 heteroatoms. The number of nitrogens with one attached hydrogen (secondary N) is 2. The van der Waals surface area contributed by atoms with Crippen molar-refractivity contribution in [2.75, 3.05) is 12.4 Å². The van der Waals surface area contributed by atoms with Crippen molar-refractivity contribution in [1.29, 1.82) is 0 Å². The van der Waals surface area contributed by atoms with Gasteiger partial charge in [-0.3, -0.25) is 0 Å². The van der Waals surface area contributed by atoms with Gasteiger partial charge >= 0.3 is 0 Å². The minimum atomic E-state index is -3.60. The predicted molar refractivity (Wildman–Crippen MR) is 99.4 cm³/mol. The maximum atomic E-state index is 12.7. The molecule has 0 saturated heterocycles. The van der Waals surface area contributed by atoms with Crippen molar-refractivity contribution in [3.05, 3.63) is 48.5 Å². The summed E-state index contributed by atoms with van der Waals surface area (Å²) in [6.45, 7) is 3.92. The molecule has 128 valence electrons. The molecule has 0 aromatic heterocycles. The summed E-state index contributed by atoms with van der Waals surface area (Å²) < 4.78 is 30.7. The number of thiocarbonyl (C=S) groups is 1. The third-order valence-corrected chi connectivity index (χ3v) is 5.19. The molecule has 0 atom stereocenters. The molecule has 0 radical (unpaired) electrons. The van der Waals surface area contributed by atoms with E-state index in [1.54, 1.807) is 36.4 Å². The number of ether oxygens (including phenoxy) is 1. The molecule has 2 aromatic rings. The van der Waals surface area contributed by atoms with Crippen molar-refractivity contribution in [2.45, 2.75) is 29.7 Å². The van der Waals surface area contributed by atoms with Crippen LogP contribution in [0.25, 0.3) is 0 Å². The lowest BCUT2D eigenvalue weighted by molar-refractivity contribution is 0.416. The molecule has 0 bridgehead atoms. The second-order valence-corrected chi connectivity index (χ2v) is 7.79. The quantitative estimate of drug-likeness (QED) is 0.794. The summed E-state index contributed by atoms with van der Waals surface area (Å²) in [5, 5.41) is 6.44. The van der Waals surface area contributed by atoms with Gasteiger partial charge in [-0.05, 0) is 56.4 Å². The number of sulfone groups is 1. The Kier molecular flexibility index (Phi) is 5.80. The van der Waals surface area contributed by atoms with Crippen molar-refractivity contribution < 1.29 is 13.2 Å². The first-order valence-electron chi connectivity index (χ1n) is 7.40. The van der Waals surface area contributed by atoms with Crippen LogP contribution in [0.15, 0.2) is 58.3 Å². The SMILES string of the molecule is COc1ccc(S(=O)(=O)c2ccccc2)cc1NC(=S)NC(C)C. The third kappa shape index (κ3) is 4.24. The number of hydrogen-bond acceptors (Lipinski definition) is 4. The maximum absolute atomic E-state index is 12.7. The monoisotopic (exact) mass is 364 g/mol. The molecule has 0 heterocycles. The van der Waals surface area contributed by atoms with E-state index in [1.807, 2.05) is 13.8 Å². The minimum Gasteiger partial charge on any atom is -0.495 e. The standard InChI is InChI=1S/C17H20N2O3S2/c1-12(2)18-17(23)19-15-11-14(9-10-16(15)22-3)24(20,21)13-7-5-4-6-8-13/h4-12H,1-3H3,(H2,18,19,23). The normalized spacial score (nSPS) is 11.2. The molecule has 0 saturated carbocycles. The zero-order valence-corrected chi connectivity index (χ0v) is 15.4. The van der Waals surface area contributed by atoms with Crippen LogP contribution in [0.3, 0.4) is 0 Å². The Bertz CT molecular complexity index is 819. The zero-order valence-electron chi connectivity index (χ0n) is 13.7.